The van der Waals surface area contributed by atoms with Gasteiger partial charge in [-0.1, -0.05) is 191 Å². The van der Waals surface area contributed by atoms with Crippen LogP contribution in [-0.4, -0.2) is 191 Å². The minimum absolute atomic E-state index is 0.0578. The Balaban J connectivity index is 1.68. The first-order valence-electron chi connectivity index (χ1n) is 39.1. The van der Waals surface area contributed by atoms with E-state index in [1.807, 2.05) is 13.8 Å². The van der Waals surface area contributed by atoms with Crippen molar-refractivity contribution in [2.75, 3.05) is 13.1 Å². The van der Waals surface area contributed by atoms with Crippen molar-refractivity contribution >= 4 is 88.8 Å². The zero-order valence-corrected chi connectivity index (χ0v) is 67.6. The number of nitrogens with zero attached hydrogens (tertiary/aromatic N) is 1. The zero-order chi connectivity index (χ0) is 82.5. The van der Waals surface area contributed by atoms with Gasteiger partial charge in [0, 0.05) is 19.4 Å². The zero-order valence-electron chi connectivity index (χ0n) is 67.6. The Morgan fingerprint density at radius 1 is 0.582 bits per heavy atom. The van der Waals surface area contributed by atoms with Crippen LogP contribution in [0.5, 0.6) is 0 Å². The van der Waals surface area contributed by atoms with Gasteiger partial charge in [0.1, 0.15) is 84.3 Å². The van der Waals surface area contributed by atoms with Gasteiger partial charge in [-0.2, -0.15) is 0 Å². The fourth-order valence-corrected chi connectivity index (χ4v) is 12.7. The molecule has 0 unspecified atom stereocenters. The summed E-state index contributed by atoms with van der Waals surface area (Å²) in [5, 5.41) is 43.5. The Bertz CT molecular complexity index is 3480. The Morgan fingerprint density at radius 2 is 1.12 bits per heavy atom. The lowest BCUT2D eigenvalue weighted by molar-refractivity contribution is -0.157. The maximum absolute atomic E-state index is 15.2. The molecule has 13 amide bonds. The molecule has 0 aromatic heterocycles. The Labute approximate surface area is 648 Å². The number of carbonyl (C=O) groups excluding carboxylic acids is 14. The summed E-state index contributed by atoms with van der Waals surface area (Å²) < 4.78 is 6.05. The molecule has 2 heterocycles. The number of carbonyl (C=O) groups is 14. The van der Waals surface area contributed by atoms with Crippen LogP contribution in [-0.2, 0) is 78.3 Å². The maximum atomic E-state index is 15.2. The summed E-state index contributed by atoms with van der Waals surface area (Å²) in [7, 11) is 0. The van der Waals surface area contributed by atoms with E-state index in [4.69, 9.17) is 10.5 Å². The molecule has 0 radical (unpaired) electrons. The van der Waals surface area contributed by atoms with Crippen LogP contribution in [0.15, 0.2) is 66.4 Å². The second-order valence-electron chi connectivity index (χ2n) is 31.5. The van der Waals surface area contributed by atoms with Gasteiger partial charge in [0.05, 0.1) is 6.10 Å². The number of amides is 13. The molecule has 0 bridgehead atoms. The van der Waals surface area contributed by atoms with E-state index in [1.165, 1.54) is 24.8 Å². The largest absolute Gasteiger partial charge is 0.458 e. The molecule has 0 aliphatic carbocycles. The Morgan fingerprint density at radius 3 is 1.66 bits per heavy atom. The Kier molecular flexibility index (Phi) is 38.2. The van der Waals surface area contributed by atoms with Crippen molar-refractivity contribution in [3.05, 3.63) is 77.5 Å². The summed E-state index contributed by atoms with van der Waals surface area (Å²) in [6.07, 6.45) is 1.01. The highest BCUT2D eigenvalue weighted by Crippen LogP contribution is 2.24. The topological polar surface area (TPSA) is 442 Å². The van der Waals surface area contributed by atoms with Gasteiger partial charge in [-0.3, -0.25) is 62.3 Å². The summed E-state index contributed by atoms with van der Waals surface area (Å²) in [6.45, 7) is 30.3. The average Bonchev–Trinajstić information content (AvgIpc) is 1.59. The van der Waals surface area contributed by atoms with Crippen molar-refractivity contribution in [2.45, 2.75) is 274 Å². The molecule has 30 heteroatoms. The molecule has 2 aromatic rings. The summed E-state index contributed by atoms with van der Waals surface area (Å²) in [6, 6.07) is 0.661. The van der Waals surface area contributed by atoms with E-state index < -0.39 is 203 Å². The molecule has 0 spiro atoms. The first kappa shape index (κ1) is 93.1. The smallest absolute Gasteiger partial charge is 0.329 e. The standard InChI is InChI=1S/C80H126N14O16/c1-19-48(15)64(90-68(97)54(35-28-38-81)82-71(100)57-36-29-39-94(57)79(108)62(46(11)12)88-74(103)61(45(9)10)87-77(106)66(50(17)95)92-73(102)59(43(5)6)85-58(96)37-27-30-42(3)4)76(105)93-67-51(18)110-80(109)63(47(13)14)89-70(99)56(41-53-33-25-22-26-34-53)83-69(98)55(40-52-31-23-21-24-32-52)84-72(101)60(44(7)8)86-75(104)65(49(16)20-2)91-78(67)107/h21-26,31-34,41-51,54-55,57,59-67,95H,19-20,27-30,35-40,81H2,1-18H3,(H,82,100)(H,83,98)(H,84,101)(H,85,96)(H,86,104)(H,87,106)(H,88,103)(H,89,99)(H,90,97)(H,91,107)(H,92,102)(H,93,105)/b56-41-/t48-,49-,50+,51+,54-,55-,57+,59+,60+,61-,62+,63-,64+,65+,66-,67+/m0/s1. The number of esters is 1. The molecule has 0 saturated carbocycles. The molecule has 2 aromatic carbocycles. The van der Waals surface area contributed by atoms with Gasteiger partial charge < -0.3 is 84.3 Å². The number of rotatable bonds is 34. The van der Waals surface area contributed by atoms with E-state index in [0.29, 0.717) is 36.3 Å². The predicted molar refractivity (Wildman–Crippen MR) is 416 cm³/mol. The summed E-state index contributed by atoms with van der Waals surface area (Å²) in [4.78, 5) is 204. The summed E-state index contributed by atoms with van der Waals surface area (Å²) in [5.74, 6) is -15.3. The van der Waals surface area contributed by atoms with Crippen molar-refractivity contribution in [3.8, 4) is 0 Å². The van der Waals surface area contributed by atoms with Crippen LogP contribution >= 0.6 is 0 Å². The molecule has 2 saturated heterocycles. The van der Waals surface area contributed by atoms with Crippen LogP contribution < -0.4 is 69.5 Å². The first-order valence-corrected chi connectivity index (χ1v) is 39.1. The third-order valence-electron chi connectivity index (χ3n) is 20.1. The van der Waals surface area contributed by atoms with E-state index in [9.17, 15) is 62.6 Å². The fraction of sp³-hybridized carbons (Fsp3) is 0.650. The number of ether oxygens (including phenoxy) is 1. The molecule has 15 N–H and O–H groups in total. The van der Waals surface area contributed by atoms with Gasteiger partial charge >= 0.3 is 5.97 Å². The van der Waals surface area contributed by atoms with Crippen molar-refractivity contribution in [3.63, 3.8) is 0 Å². The van der Waals surface area contributed by atoms with Crippen LogP contribution in [0.25, 0.3) is 6.08 Å². The number of benzene rings is 2. The monoisotopic (exact) mass is 1540 g/mol. The molecule has 2 aliphatic rings. The number of nitrogens with two attached hydrogens (primary N) is 1. The molecule has 110 heavy (non-hydrogen) atoms. The first-order chi connectivity index (χ1) is 51.8. The van der Waals surface area contributed by atoms with Crippen LogP contribution in [0.2, 0.25) is 0 Å². The lowest BCUT2D eigenvalue weighted by Crippen LogP contribution is -2.64. The lowest BCUT2D eigenvalue weighted by Gasteiger charge is -2.33. The number of cyclic esters (lactones) is 1. The Hall–Kier alpha value is -9.32. The van der Waals surface area contributed by atoms with Crippen LogP contribution in [0.3, 0.4) is 0 Å². The molecular formula is C80H126N14O16. The van der Waals surface area contributed by atoms with Crippen LogP contribution in [0, 0.1) is 47.3 Å². The van der Waals surface area contributed by atoms with E-state index in [-0.39, 0.29) is 63.2 Å². The van der Waals surface area contributed by atoms with Crippen molar-refractivity contribution < 1.29 is 77.0 Å². The second-order valence-corrected chi connectivity index (χ2v) is 31.5. The molecule has 16 atom stereocenters. The summed E-state index contributed by atoms with van der Waals surface area (Å²) >= 11 is 0. The highest BCUT2D eigenvalue weighted by atomic mass is 16.5. The molecule has 4 rings (SSSR count). The van der Waals surface area contributed by atoms with Gasteiger partial charge in [0.15, 0.2) is 0 Å². The van der Waals surface area contributed by atoms with Crippen LogP contribution in [0.1, 0.15) is 194 Å². The number of aliphatic hydroxyl groups is 1. The maximum Gasteiger partial charge on any atom is 0.329 e. The van der Waals surface area contributed by atoms with E-state index in [1.54, 1.807) is 158 Å². The molecule has 30 nitrogen and oxygen atoms in total. The summed E-state index contributed by atoms with van der Waals surface area (Å²) in [5.41, 5.74) is 6.78. The average molecular weight is 1540 g/mol. The van der Waals surface area contributed by atoms with E-state index in [2.05, 4.69) is 63.8 Å². The van der Waals surface area contributed by atoms with E-state index in [0.717, 1.165) is 6.42 Å². The highest BCUT2D eigenvalue weighted by Gasteiger charge is 2.45. The van der Waals surface area contributed by atoms with Crippen molar-refractivity contribution in [1.82, 2.24) is 68.7 Å². The molecule has 2 aliphatic heterocycles. The fourth-order valence-electron chi connectivity index (χ4n) is 12.7. The second kappa shape index (κ2) is 45.1. The quantitative estimate of drug-likeness (QED) is 0.0354. The molecular weight excluding hydrogens is 1410 g/mol. The van der Waals surface area contributed by atoms with Crippen molar-refractivity contribution in [1.29, 1.82) is 0 Å². The number of hydrogen-bond donors (Lipinski definition) is 14. The number of likely N-dealkylation sites (tertiary alicyclic amines) is 1. The molecule has 612 valence electrons. The predicted octanol–water partition coefficient (Wildman–Crippen LogP) is 2.97. The van der Waals surface area contributed by atoms with Gasteiger partial charge in [-0.25, -0.2) is 4.79 Å². The third-order valence-corrected chi connectivity index (χ3v) is 20.1. The normalized spacial score (nSPS) is 22.0. The minimum Gasteiger partial charge on any atom is -0.458 e. The highest BCUT2D eigenvalue weighted by molar-refractivity contribution is 6.05. The minimum atomic E-state index is -1.85. The van der Waals surface area contributed by atoms with E-state index >= 15 is 9.59 Å². The SMILES string of the molecule is CC[C@H](C)[C@@H](NC(=O)[C@H](CCCN)NC(=O)[C@H]1CCCN1C(=O)[C@H](NC(=O)[C@@H](NC(=O)[C@@H](NC(=O)[C@H](NC(=O)CCCC(C)C)C(C)C)[C@@H](C)O)C(C)C)C(C)C)C(=O)N[C@H]1C(=O)N[C@H]([C@@H](C)CC)C(=O)N[C@H](C(C)C)C(=O)N[C@@H](Cc2ccccc2)C(=O)N/C(=C\c2ccccc2)C(=O)N[C@@H](C(C)C)C(=O)O[C@@H]1C. The molecule has 2 fully saturated rings. The number of hydrogen-bond acceptors (Lipinski definition) is 17. The third kappa shape index (κ3) is 28.2. The van der Waals surface area contributed by atoms with Gasteiger partial charge in [-0.15, -0.1) is 0 Å². The van der Waals surface area contributed by atoms with Gasteiger partial charge in [0.25, 0.3) is 5.91 Å². The van der Waals surface area contributed by atoms with Crippen LogP contribution in [0.4, 0.5) is 0 Å². The van der Waals surface area contributed by atoms with Gasteiger partial charge in [-0.05, 0) is 117 Å². The number of nitrogens with one attached hydrogen (secondary N) is 12. The lowest BCUT2D eigenvalue weighted by atomic mass is 9.95. The number of aliphatic hydroxyl groups excluding tert-OH is 1. The van der Waals surface area contributed by atoms with Crippen molar-refractivity contribution in [2.24, 2.45) is 53.1 Å². The van der Waals surface area contributed by atoms with Gasteiger partial charge in [0.2, 0.25) is 70.9 Å².